The first kappa shape index (κ1) is 13.0. The Morgan fingerprint density at radius 3 is 2.95 bits per heavy atom. The Morgan fingerprint density at radius 2 is 2.16 bits per heavy atom. The minimum atomic E-state index is 0.348. The minimum absolute atomic E-state index is 0.348. The second-order valence-electron chi connectivity index (χ2n) is 5.68. The summed E-state index contributed by atoms with van der Waals surface area (Å²) in [5.74, 6) is 0.866. The molecule has 0 N–H and O–H groups in total. The van der Waals surface area contributed by atoms with Gasteiger partial charge in [0.25, 0.3) is 0 Å². The number of nitrogens with zero attached hydrogens (tertiary/aromatic N) is 1. The highest BCUT2D eigenvalue weighted by Gasteiger charge is 2.38. The van der Waals surface area contributed by atoms with Crippen LogP contribution in [0.2, 0.25) is 5.02 Å². The van der Waals surface area contributed by atoms with E-state index in [1.807, 2.05) is 6.07 Å². The van der Waals surface area contributed by atoms with Crippen molar-refractivity contribution in [3.8, 4) is 0 Å². The molecule has 102 valence electrons. The lowest BCUT2D eigenvalue weighted by molar-refractivity contribution is -0.137. The van der Waals surface area contributed by atoms with Crippen molar-refractivity contribution in [1.82, 2.24) is 4.90 Å². The molecule has 1 saturated heterocycles. The fraction of sp³-hybridized carbons (Fsp3) is 0.562. The molecule has 2 aliphatic rings. The fourth-order valence-corrected chi connectivity index (χ4v) is 3.92. The third kappa shape index (κ3) is 2.27. The number of rotatable bonds is 2. The molecule has 2 atom stereocenters. The van der Waals surface area contributed by atoms with Gasteiger partial charge >= 0.3 is 0 Å². The monoisotopic (exact) mass is 277 g/mol. The molecule has 1 amide bonds. The lowest BCUT2D eigenvalue weighted by Gasteiger charge is -2.44. The molecule has 2 nitrogen and oxygen atoms in total. The third-order valence-electron chi connectivity index (χ3n) is 4.53. The predicted molar refractivity (Wildman–Crippen MR) is 77.5 cm³/mol. The lowest BCUT2D eigenvalue weighted by Crippen LogP contribution is -2.49. The number of likely N-dealkylation sites (tertiary alicyclic amines) is 1. The van der Waals surface area contributed by atoms with Crippen LogP contribution in [0.4, 0.5) is 0 Å². The van der Waals surface area contributed by atoms with Crippen molar-refractivity contribution in [1.29, 1.82) is 0 Å². The Bertz CT molecular complexity index is 500. The number of amides is 1. The van der Waals surface area contributed by atoms with Crippen LogP contribution in [0.15, 0.2) is 18.2 Å². The van der Waals surface area contributed by atoms with Crippen molar-refractivity contribution in [2.45, 2.75) is 51.0 Å². The van der Waals surface area contributed by atoms with E-state index in [0.29, 0.717) is 24.3 Å². The Labute approximate surface area is 119 Å². The Morgan fingerprint density at radius 1 is 1.32 bits per heavy atom. The van der Waals surface area contributed by atoms with Crippen molar-refractivity contribution in [3.63, 3.8) is 0 Å². The van der Waals surface area contributed by atoms with Crippen molar-refractivity contribution in [2.75, 3.05) is 6.54 Å². The van der Waals surface area contributed by atoms with Crippen LogP contribution in [0.3, 0.4) is 0 Å². The summed E-state index contributed by atoms with van der Waals surface area (Å²) >= 11 is 6.09. The van der Waals surface area contributed by atoms with Crippen LogP contribution in [0.5, 0.6) is 0 Å². The van der Waals surface area contributed by atoms with E-state index >= 15 is 0 Å². The van der Waals surface area contributed by atoms with E-state index in [-0.39, 0.29) is 0 Å². The molecule has 0 bridgehead atoms. The zero-order chi connectivity index (χ0) is 13.4. The van der Waals surface area contributed by atoms with Crippen LogP contribution >= 0.6 is 11.6 Å². The summed E-state index contributed by atoms with van der Waals surface area (Å²) in [7, 11) is 0. The predicted octanol–water partition coefficient (Wildman–Crippen LogP) is 3.77. The number of hydrogen-bond acceptors (Lipinski definition) is 1. The first-order valence-electron chi connectivity index (χ1n) is 7.28. The van der Waals surface area contributed by atoms with Gasteiger partial charge in [-0.25, -0.2) is 0 Å². The highest BCUT2D eigenvalue weighted by atomic mass is 35.5. The Hall–Kier alpha value is -1.02. The largest absolute Gasteiger partial charge is 0.339 e. The molecular weight excluding hydrogens is 258 g/mol. The minimum Gasteiger partial charge on any atom is -0.339 e. The quantitative estimate of drug-likeness (QED) is 0.806. The van der Waals surface area contributed by atoms with E-state index < -0.39 is 0 Å². The van der Waals surface area contributed by atoms with Gasteiger partial charge in [-0.1, -0.05) is 24.6 Å². The maximum Gasteiger partial charge on any atom is 0.222 e. The average Bonchev–Trinajstić information content (AvgIpc) is 2.41. The van der Waals surface area contributed by atoms with Gasteiger partial charge in [-0.3, -0.25) is 4.79 Å². The van der Waals surface area contributed by atoms with Crippen LogP contribution in [-0.4, -0.2) is 23.4 Å². The second-order valence-corrected chi connectivity index (χ2v) is 6.12. The normalized spacial score (nSPS) is 26.0. The zero-order valence-electron chi connectivity index (χ0n) is 11.4. The molecule has 1 aliphatic carbocycles. The summed E-state index contributed by atoms with van der Waals surface area (Å²) in [4.78, 5) is 14.2. The molecule has 0 unspecified atom stereocenters. The third-order valence-corrected chi connectivity index (χ3v) is 4.77. The number of aryl methyl sites for hydroxylation is 1. The Balaban J connectivity index is 1.93. The van der Waals surface area contributed by atoms with Gasteiger partial charge in [-0.2, -0.15) is 0 Å². The number of piperidine rings is 1. The summed E-state index contributed by atoms with van der Waals surface area (Å²) < 4.78 is 0. The maximum atomic E-state index is 12.1. The second kappa shape index (κ2) is 5.16. The van der Waals surface area contributed by atoms with E-state index in [1.54, 1.807) is 0 Å². The van der Waals surface area contributed by atoms with Crippen LogP contribution in [0.25, 0.3) is 0 Å². The SMILES string of the molecule is CCCN1C(=O)CC[C@@H]2c3ccc(Cl)cc3CC[C@H]21. The molecular formula is C16H20ClNO. The number of hydrogen-bond donors (Lipinski definition) is 0. The molecule has 3 rings (SSSR count). The zero-order valence-corrected chi connectivity index (χ0v) is 12.1. The lowest BCUT2D eigenvalue weighted by atomic mass is 9.74. The molecule has 3 heteroatoms. The molecule has 0 radical (unpaired) electrons. The summed E-state index contributed by atoms with van der Waals surface area (Å²) in [5.41, 5.74) is 2.81. The number of carbonyl (C=O) groups is 1. The fourth-order valence-electron chi connectivity index (χ4n) is 3.72. The van der Waals surface area contributed by atoms with Gasteiger partial charge in [-0.05, 0) is 48.9 Å². The first-order valence-corrected chi connectivity index (χ1v) is 7.66. The molecule has 19 heavy (non-hydrogen) atoms. The summed E-state index contributed by atoms with van der Waals surface area (Å²) in [6.45, 7) is 3.05. The Kier molecular flexibility index (Phi) is 3.53. The van der Waals surface area contributed by atoms with Crippen LogP contribution < -0.4 is 0 Å². The van der Waals surface area contributed by atoms with Gasteiger partial charge in [0, 0.05) is 29.9 Å². The van der Waals surface area contributed by atoms with Gasteiger partial charge < -0.3 is 4.90 Å². The van der Waals surface area contributed by atoms with Crippen molar-refractivity contribution >= 4 is 17.5 Å². The van der Waals surface area contributed by atoms with Gasteiger partial charge in [0.2, 0.25) is 5.91 Å². The van der Waals surface area contributed by atoms with E-state index in [2.05, 4.69) is 24.0 Å². The average molecular weight is 278 g/mol. The molecule has 0 saturated carbocycles. The van der Waals surface area contributed by atoms with Crippen LogP contribution in [-0.2, 0) is 11.2 Å². The van der Waals surface area contributed by atoms with E-state index in [9.17, 15) is 4.79 Å². The number of fused-ring (bicyclic) bond motifs is 3. The van der Waals surface area contributed by atoms with Gasteiger partial charge in [0.15, 0.2) is 0 Å². The molecule has 1 fully saturated rings. The number of carbonyl (C=O) groups excluding carboxylic acids is 1. The van der Waals surface area contributed by atoms with Gasteiger partial charge in [0.05, 0.1) is 0 Å². The molecule has 0 aromatic heterocycles. The molecule has 1 heterocycles. The maximum absolute atomic E-state index is 12.1. The van der Waals surface area contributed by atoms with Crippen molar-refractivity contribution in [3.05, 3.63) is 34.3 Å². The highest BCUT2D eigenvalue weighted by molar-refractivity contribution is 6.30. The van der Waals surface area contributed by atoms with Gasteiger partial charge in [0.1, 0.15) is 0 Å². The first-order chi connectivity index (χ1) is 9.20. The van der Waals surface area contributed by atoms with Crippen LogP contribution in [0, 0.1) is 0 Å². The summed E-state index contributed by atoms with van der Waals surface area (Å²) in [6.07, 6.45) is 4.87. The standard InChI is InChI=1S/C16H20ClNO/c1-2-9-18-15-7-3-11-10-12(17)4-5-13(11)14(15)6-8-16(18)19/h4-5,10,14-15H,2-3,6-9H2,1H3/t14-,15-/m1/s1. The van der Waals surface area contributed by atoms with Crippen molar-refractivity contribution < 1.29 is 4.79 Å². The molecule has 1 aromatic carbocycles. The molecule has 1 aromatic rings. The molecule has 1 aliphatic heterocycles. The van der Waals surface area contributed by atoms with Crippen LogP contribution in [0.1, 0.15) is 49.7 Å². The molecule has 0 spiro atoms. The smallest absolute Gasteiger partial charge is 0.222 e. The number of halogens is 1. The number of benzene rings is 1. The van der Waals surface area contributed by atoms with E-state index in [0.717, 1.165) is 37.3 Å². The van der Waals surface area contributed by atoms with Crippen molar-refractivity contribution in [2.24, 2.45) is 0 Å². The highest BCUT2D eigenvalue weighted by Crippen LogP contribution is 2.41. The van der Waals surface area contributed by atoms with E-state index in [1.165, 1.54) is 11.1 Å². The summed E-state index contributed by atoms with van der Waals surface area (Å²) in [6, 6.07) is 6.68. The summed E-state index contributed by atoms with van der Waals surface area (Å²) in [5, 5.41) is 0.828. The van der Waals surface area contributed by atoms with Gasteiger partial charge in [-0.15, -0.1) is 0 Å². The topological polar surface area (TPSA) is 20.3 Å². The van der Waals surface area contributed by atoms with E-state index in [4.69, 9.17) is 11.6 Å².